The predicted molar refractivity (Wildman–Crippen MR) is 78.3 cm³/mol. The van der Waals surface area contributed by atoms with Gasteiger partial charge in [-0.05, 0) is 34.0 Å². The zero-order chi connectivity index (χ0) is 14.3. The van der Waals surface area contributed by atoms with Crippen molar-refractivity contribution in [3.05, 3.63) is 0 Å². The Balaban J connectivity index is 2.18. The number of nitrogens with one attached hydrogen (secondary N) is 2. The summed E-state index contributed by atoms with van der Waals surface area (Å²) in [5.74, 6) is 0.226. The van der Waals surface area contributed by atoms with E-state index in [9.17, 15) is 9.59 Å². The summed E-state index contributed by atoms with van der Waals surface area (Å²) in [6.45, 7) is 3.52. The monoisotopic (exact) mass is 286 g/mol. The number of hydrogen-bond acceptors (Lipinski definition) is 5. The van der Waals surface area contributed by atoms with Gasteiger partial charge < -0.3 is 15.5 Å². The highest BCUT2D eigenvalue weighted by Gasteiger charge is 2.18. The zero-order valence-electron chi connectivity index (χ0n) is 11.7. The number of nitrogens with zero attached hydrogens (tertiary/aromatic N) is 2. The average molecular weight is 286 g/mol. The lowest BCUT2D eigenvalue weighted by molar-refractivity contribution is -0.120. The fraction of sp³-hybridized carbons (Fsp3) is 0.750. The van der Waals surface area contributed by atoms with Crippen molar-refractivity contribution in [2.24, 2.45) is 4.99 Å². The molecule has 1 rings (SSSR count). The Morgan fingerprint density at radius 2 is 2.32 bits per heavy atom. The van der Waals surface area contributed by atoms with Crippen molar-refractivity contribution >= 4 is 28.7 Å². The standard InChI is InChI=1S/C12H22N4O2S/c1-9-7-10(17)15-12(14-9)19-8-11(18)13-5-4-6-16(2)3/h9H,4-8H2,1-3H3,(H,13,18)(H,14,15,17)/t9-/m1/s1. The summed E-state index contributed by atoms with van der Waals surface area (Å²) in [6.07, 6.45) is 1.35. The van der Waals surface area contributed by atoms with E-state index in [0.29, 0.717) is 18.1 Å². The molecule has 0 aromatic carbocycles. The summed E-state index contributed by atoms with van der Waals surface area (Å²) in [5, 5.41) is 6.07. The van der Waals surface area contributed by atoms with E-state index in [1.54, 1.807) is 0 Å². The molecule has 0 saturated carbocycles. The smallest absolute Gasteiger partial charge is 0.230 e. The number of thioether (sulfide) groups is 1. The third kappa shape index (κ3) is 7.17. The molecule has 2 N–H and O–H groups in total. The van der Waals surface area contributed by atoms with Crippen molar-refractivity contribution < 1.29 is 9.59 Å². The van der Waals surface area contributed by atoms with E-state index in [0.717, 1.165) is 13.0 Å². The molecule has 0 saturated heterocycles. The number of hydrogen-bond donors (Lipinski definition) is 2. The van der Waals surface area contributed by atoms with Crippen LogP contribution in [0.4, 0.5) is 0 Å². The maximum atomic E-state index is 11.6. The van der Waals surface area contributed by atoms with E-state index in [1.807, 2.05) is 21.0 Å². The van der Waals surface area contributed by atoms with E-state index >= 15 is 0 Å². The van der Waals surface area contributed by atoms with Crippen LogP contribution in [-0.4, -0.2) is 60.9 Å². The van der Waals surface area contributed by atoms with Gasteiger partial charge in [-0.2, -0.15) is 0 Å². The normalized spacial score (nSPS) is 19.1. The summed E-state index contributed by atoms with van der Waals surface area (Å²) >= 11 is 1.27. The lowest BCUT2D eigenvalue weighted by Gasteiger charge is -2.17. The molecule has 0 bridgehead atoms. The fourth-order valence-corrected chi connectivity index (χ4v) is 2.41. The minimum atomic E-state index is -0.0311. The molecule has 6 nitrogen and oxygen atoms in total. The second-order valence-electron chi connectivity index (χ2n) is 4.83. The third-order valence-corrected chi connectivity index (χ3v) is 3.40. The fourth-order valence-electron chi connectivity index (χ4n) is 1.60. The van der Waals surface area contributed by atoms with Crippen molar-refractivity contribution in [2.75, 3.05) is 32.9 Å². The molecule has 2 amide bonds. The molecule has 1 aliphatic heterocycles. The second kappa shape index (κ2) is 8.16. The quantitative estimate of drug-likeness (QED) is 0.677. The van der Waals surface area contributed by atoms with Gasteiger partial charge in [-0.15, -0.1) is 0 Å². The highest BCUT2D eigenvalue weighted by Crippen LogP contribution is 2.10. The van der Waals surface area contributed by atoms with Crippen molar-refractivity contribution in [3.63, 3.8) is 0 Å². The van der Waals surface area contributed by atoms with Gasteiger partial charge in [-0.1, -0.05) is 11.8 Å². The highest BCUT2D eigenvalue weighted by molar-refractivity contribution is 8.14. The number of carbonyl (C=O) groups excluding carboxylic acids is 2. The van der Waals surface area contributed by atoms with Gasteiger partial charge in [0.15, 0.2) is 5.17 Å². The van der Waals surface area contributed by atoms with Crippen molar-refractivity contribution in [3.8, 4) is 0 Å². The van der Waals surface area contributed by atoms with Crippen molar-refractivity contribution in [1.82, 2.24) is 15.5 Å². The van der Waals surface area contributed by atoms with Crippen molar-refractivity contribution in [1.29, 1.82) is 0 Å². The van der Waals surface area contributed by atoms with Crippen molar-refractivity contribution in [2.45, 2.75) is 25.8 Å². The van der Waals surface area contributed by atoms with Crippen LogP contribution in [0.15, 0.2) is 4.99 Å². The number of carbonyl (C=O) groups is 2. The summed E-state index contributed by atoms with van der Waals surface area (Å²) in [6, 6.07) is -0.000553. The maximum Gasteiger partial charge on any atom is 0.230 e. The largest absolute Gasteiger partial charge is 0.355 e. The van der Waals surface area contributed by atoms with E-state index in [-0.39, 0.29) is 23.6 Å². The van der Waals surface area contributed by atoms with Gasteiger partial charge in [-0.25, -0.2) is 0 Å². The Hall–Kier alpha value is -1.08. The lowest BCUT2D eigenvalue weighted by atomic mass is 10.2. The molecule has 108 valence electrons. The van der Waals surface area contributed by atoms with Gasteiger partial charge in [0.1, 0.15) is 0 Å². The first-order valence-corrected chi connectivity index (χ1v) is 7.38. The van der Waals surface area contributed by atoms with E-state index in [2.05, 4.69) is 20.5 Å². The molecule has 1 heterocycles. The molecule has 1 atom stereocenters. The molecule has 7 heteroatoms. The summed E-state index contributed by atoms with van der Waals surface area (Å²) in [4.78, 5) is 29.2. The molecule has 0 aliphatic carbocycles. The minimum absolute atomic E-state index is 0.000553. The topological polar surface area (TPSA) is 73.8 Å². The number of aliphatic imine (C=N–C) groups is 1. The summed E-state index contributed by atoms with van der Waals surface area (Å²) in [7, 11) is 4.01. The first kappa shape index (κ1) is 16.0. The maximum absolute atomic E-state index is 11.6. The predicted octanol–water partition coefficient (Wildman–Crippen LogP) is 0.0519. The van der Waals surface area contributed by atoms with E-state index in [4.69, 9.17) is 0 Å². The SMILES string of the molecule is C[C@@H]1CC(=O)NC(SCC(=O)NCCCN(C)C)=N1. The zero-order valence-corrected chi connectivity index (χ0v) is 12.5. The number of rotatable bonds is 6. The van der Waals surface area contributed by atoms with Crippen LogP contribution in [0.5, 0.6) is 0 Å². The van der Waals surface area contributed by atoms with Gasteiger partial charge >= 0.3 is 0 Å². The Bertz CT molecular complexity index is 358. The molecule has 0 unspecified atom stereocenters. The molecular weight excluding hydrogens is 264 g/mol. The molecule has 1 aliphatic rings. The number of amides is 2. The molecular formula is C12H22N4O2S. The second-order valence-corrected chi connectivity index (χ2v) is 5.80. The number of amidine groups is 1. The molecule has 0 fully saturated rings. The van der Waals surface area contributed by atoms with Crippen LogP contribution in [0.3, 0.4) is 0 Å². The molecule has 19 heavy (non-hydrogen) atoms. The third-order valence-electron chi connectivity index (χ3n) is 2.51. The van der Waals surface area contributed by atoms with Gasteiger partial charge in [0.05, 0.1) is 11.8 Å². The van der Waals surface area contributed by atoms with Gasteiger partial charge in [0.2, 0.25) is 11.8 Å². The molecule has 0 spiro atoms. The van der Waals surface area contributed by atoms with Crippen LogP contribution in [0.2, 0.25) is 0 Å². The Kier molecular flexibility index (Phi) is 6.86. The van der Waals surface area contributed by atoms with Crippen LogP contribution in [0.25, 0.3) is 0 Å². The van der Waals surface area contributed by atoms with E-state index in [1.165, 1.54) is 11.8 Å². The molecule has 0 radical (unpaired) electrons. The first-order chi connectivity index (χ1) is 8.97. The summed E-state index contributed by atoms with van der Waals surface area (Å²) in [5.41, 5.74) is 0. The molecule has 0 aromatic rings. The van der Waals surface area contributed by atoms with Gasteiger partial charge in [0.25, 0.3) is 0 Å². The Morgan fingerprint density at radius 3 is 2.95 bits per heavy atom. The van der Waals surface area contributed by atoms with Crippen LogP contribution in [-0.2, 0) is 9.59 Å². The average Bonchev–Trinajstić information content (AvgIpc) is 2.31. The lowest BCUT2D eigenvalue weighted by Crippen LogP contribution is -2.37. The van der Waals surface area contributed by atoms with Crippen LogP contribution >= 0.6 is 11.8 Å². The summed E-state index contributed by atoms with van der Waals surface area (Å²) < 4.78 is 0. The first-order valence-electron chi connectivity index (χ1n) is 6.39. The van der Waals surface area contributed by atoms with Crippen LogP contribution < -0.4 is 10.6 Å². The van der Waals surface area contributed by atoms with Gasteiger partial charge in [-0.3, -0.25) is 14.6 Å². The Labute approximate surface area is 118 Å². The van der Waals surface area contributed by atoms with Crippen LogP contribution in [0.1, 0.15) is 19.8 Å². The van der Waals surface area contributed by atoms with Gasteiger partial charge in [0, 0.05) is 13.0 Å². The Morgan fingerprint density at radius 1 is 1.58 bits per heavy atom. The van der Waals surface area contributed by atoms with Crippen LogP contribution in [0, 0.1) is 0 Å². The highest BCUT2D eigenvalue weighted by atomic mass is 32.2. The molecule has 0 aromatic heterocycles. The van der Waals surface area contributed by atoms with E-state index < -0.39 is 0 Å². The minimum Gasteiger partial charge on any atom is -0.355 e.